The first kappa shape index (κ1) is 15.5. The second-order valence-corrected chi connectivity index (χ2v) is 4.92. The third-order valence-corrected chi connectivity index (χ3v) is 3.51. The van der Waals surface area contributed by atoms with Gasteiger partial charge in [-0.25, -0.2) is 0 Å². The summed E-state index contributed by atoms with van der Waals surface area (Å²) in [5, 5.41) is 2.94. The molecule has 0 saturated heterocycles. The maximum Gasteiger partial charge on any atom is 0.237 e. The Bertz CT molecular complexity index is 420. The van der Waals surface area contributed by atoms with E-state index in [9.17, 15) is 4.79 Å². The number of nitrogens with one attached hydrogen (secondary N) is 1. The first-order valence-electron chi connectivity index (χ1n) is 6.69. The van der Waals surface area contributed by atoms with Crippen LogP contribution < -0.4 is 15.8 Å². The minimum Gasteiger partial charge on any atom is -0.497 e. The number of ether oxygens (including phenoxy) is 1. The lowest BCUT2D eigenvalue weighted by Crippen LogP contribution is -2.45. The summed E-state index contributed by atoms with van der Waals surface area (Å²) < 4.78 is 5.18. The van der Waals surface area contributed by atoms with Crippen molar-refractivity contribution in [2.45, 2.75) is 39.3 Å². The van der Waals surface area contributed by atoms with Gasteiger partial charge >= 0.3 is 0 Å². The highest BCUT2D eigenvalue weighted by molar-refractivity contribution is 5.82. The van der Waals surface area contributed by atoms with Crippen molar-refractivity contribution in [2.75, 3.05) is 7.11 Å². The highest BCUT2D eigenvalue weighted by Crippen LogP contribution is 2.19. The van der Waals surface area contributed by atoms with Crippen molar-refractivity contribution in [3.63, 3.8) is 0 Å². The first-order valence-corrected chi connectivity index (χ1v) is 6.69. The van der Waals surface area contributed by atoms with E-state index in [0.29, 0.717) is 0 Å². The predicted molar refractivity (Wildman–Crippen MR) is 77.0 cm³/mol. The van der Waals surface area contributed by atoms with Crippen molar-refractivity contribution >= 4 is 5.91 Å². The summed E-state index contributed by atoms with van der Waals surface area (Å²) in [7, 11) is 1.63. The summed E-state index contributed by atoms with van der Waals surface area (Å²) in [6, 6.07) is 7.12. The molecular formula is C15H24N2O2. The van der Waals surface area contributed by atoms with E-state index in [1.54, 1.807) is 7.11 Å². The van der Waals surface area contributed by atoms with Crippen molar-refractivity contribution in [1.82, 2.24) is 5.32 Å². The third kappa shape index (κ3) is 4.24. The Balaban J connectivity index is 2.68. The van der Waals surface area contributed by atoms with E-state index in [0.717, 1.165) is 17.7 Å². The molecule has 0 spiro atoms. The van der Waals surface area contributed by atoms with Crippen LogP contribution in [0.3, 0.4) is 0 Å². The Morgan fingerprint density at radius 2 is 2.11 bits per heavy atom. The van der Waals surface area contributed by atoms with Gasteiger partial charge in [-0.3, -0.25) is 4.79 Å². The second-order valence-electron chi connectivity index (χ2n) is 4.92. The van der Waals surface area contributed by atoms with E-state index >= 15 is 0 Å². The molecule has 1 aromatic rings. The number of methoxy groups -OCH3 is 1. The van der Waals surface area contributed by atoms with Gasteiger partial charge in [0.1, 0.15) is 5.75 Å². The Hall–Kier alpha value is -1.55. The number of nitrogens with two attached hydrogens (primary N) is 1. The van der Waals surface area contributed by atoms with Gasteiger partial charge in [0.15, 0.2) is 0 Å². The maximum absolute atomic E-state index is 12.0. The summed E-state index contributed by atoms with van der Waals surface area (Å²) in [6.45, 7) is 5.96. The lowest BCUT2D eigenvalue weighted by atomic mass is 9.98. The van der Waals surface area contributed by atoms with Gasteiger partial charge in [-0.1, -0.05) is 32.4 Å². The topological polar surface area (TPSA) is 64.4 Å². The van der Waals surface area contributed by atoms with Crippen LogP contribution in [0.1, 0.15) is 38.8 Å². The monoisotopic (exact) mass is 264 g/mol. The predicted octanol–water partition coefficient (Wildman–Crippen LogP) is 2.25. The highest BCUT2D eigenvalue weighted by Gasteiger charge is 2.21. The zero-order valence-electron chi connectivity index (χ0n) is 12.1. The minimum atomic E-state index is -0.460. The average molecular weight is 264 g/mol. The fraction of sp³-hybridized carbons (Fsp3) is 0.533. The molecule has 106 valence electrons. The molecule has 3 N–H and O–H groups in total. The second kappa shape index (κ2) is 7.14. The van der Waals surface area contributed by atoms with Crippen LogP contribution in [0.5, 0.6) is 5.75 Å². The molecule has 19 heavy (non-hydrogen) atoms. The Kier molecular flexibility index (Phi) is 5.83. The van der Waals surface area contributed by atoms with Crippen molar-refractivity contribution < 1.29 is 9.53 Å². The van der Waals surface area contributed by atoms with Gasteiger partial charge in [0.05, 0.1) is 19.2 Å². The van der Waals surface area contributed by atoms with Crippen LogP contribution in [-0.4, -0.2) is 19.1 Å². The Morgan fingerprint density at radius 1 is 1.42 bits per heavy atom. The number of carbonyl (C=O) groups excluding carboxylic acids is 1. The fourth-order valence-corrected chi connectivity index (χ4v) is 1.82. The van der Waals surface area contributed by atoms with Gasteiger partial charge in [0, 0.05) is 0 Å². The van der Waals surface area contributed by atoms with Crippen LogP contribution >= 0.6 is 0 Å². The fourth-order valence-electron chi connectivity index (χ4n) is 1.82. The van der Waals surface area contributed by atoms with Crippen LogP contribution in [0.4, 0.5) is 0 Å². The molecule has 0 saturated carbocycles. The van der Waals surface area contributed by atoms with Gasteiger partial charge < -0.3 is 15.8 Å². The van der Waals surface area contributed by atoms with Crippen molar-refractivity contribution in [3.05, 3.63) is 29.8 Å². The van der Waals surface area contributed by atoms with Crippen LogP contribution in [0.25, 0.3) is 0 Å². The molecule has 0 aliphatic carbocycles. The van der Waals surface area contributed by atoms with E-state index in [1.807, 2.05) is 45.0 Å². The normalized spacial score (nSPS) is 15.4. The molecule has 4 nitrogen and oxygen atoms in total. The van der Waals surface area contributed by atoms with Crippen LogP contribution in [0.15, 0.2) is 24.3 Å². The number of benzene rings is 1. The van der Waals surface area contributed by atoms with E-state index < -0.39 is 6.04 Å². The summed E-state index contributed by atoms with van der Waals surface area (Å²) in [4.78, 5) is 12.0. The van der Waals surface area contributed by atoms with E-state index in [4.69, 9.17) is 10.5 Å². The smallest absolute Gasteiger partial charge is 0.237 e. The molecule has 3 atom stereocenters. The number of amides is 1. The number of rotatable bonds is 6. The first-order chi connectivity index (χ1) is 8.99. The van der Waals surface area contributed by atoms with Gasteiger partial charge in [-0.2, -0.15) is 0 Å². The molecular weight excluding hydrogens is 240 g/mol. The molecule has 0 aliphatic heterocycles. The van der Waals surface area contributed by atoms with Crippen molar-refractivity contribution in [1.29, 1.82) is 0 Å². The Labute approximate surface area is 115 Å². The highest BCUT2D eigenvalue weighted by atomic mass is 16.5. The van der Waals surface area contributed by atoms with Crippen LogP contribution in [0.2, 0.25) is 0 Å². The van der Waals surface area contributed by atoms with Crippen LogP contribution in [0, 0.1) is 5.92 Å². The molecule has 0 aliphatic rings. The maximum atomic E-state index is 12.0. The summed E-state index contributed by atoms with van der Waals surface area (Å²) in [5.74, 6) is 0.854. The lowest BCUT2D eigenvalue weighted by Gasteiger charge is -2.21. The van der Waals surface area contributed by atoms with Crippen molar-refractivity contribution in [2.24, 2.45) is 11.7 Å². The molecule has 0 aromatic heterocycles. The van der Waals surface area contributed by atoms with Gasteiger partial charge in [0.2, 0.25) is 5.91 Å². The Morgan fingerprint density at radius 3 is 2.68 bits per heavy atom. The SMILES string of the molecule is CCC(C)[C@H](N)C(=O)NC(C)c1cccc(OC)c1. The summed E-state index contributed by atoms with van der Waals surface area (Å²) >= 11 is 0. The molecule has 1 rings (SSSR count). The quantitative estimate of drug-likeness (QED) is 0.828. The van der Waals surface area contributed by atoms with Crippen molar-refractivity contribution in [3.8, 4) is 5.75 Å². The van der Waals surface area contributed by atoms with Gasteiger partial charge in [-0.15, -0.1) is 0 Å². The average Bonchev–Trinajstić information content (AvgIpc) is 2.45. The minimum absolute atomic E-state index is 0.0855. The lowest BCUT2D eigenvalue weighted by molar-refractivity contribution is -0.124. The zero-order valence-corrected chi connectivity index (χ0v) is 12.1. The third-order valence-electron chi connectivity index (χ3n) is 3.51. The number of hydrogen-bond donors (Lipinski definition) is 2. The summed E-state index contributed by atoms with van der Waals surface area (Å²) in [6.07, 6.45) is 0.891. The molecule has 0 radical (unpaired) electrons. The number of carbonyl (C=O) groups is 1. The van der Waals surface area contributed by atoms with Crippen LogP contribution in [-0.2, 0) is 4.79 Å². The van der Waals surface area contributed by atoms with E-state index in [-0.39, 0.29) is 17.9 Å². The largest absolute Gasteiger partial charge is 0.497 e. The molecule has 4 heteroatoms. The molecule has 2 unspecified atom stereocenters. The molecule has 1 amide bonds. The summed E-state index contributed by atoms with van der Waals surface area (Å²) in [5.41, 5.74) is 6.92. The molecule has 0 heterocycles. The molecule has 0 fully saturated rings. The van der Waals surface area contributed by atoms with Gasteiger partial charge in [0.25, 0.3) is 0 Å². The standard InChI is InChI=1S/C15H24N2O2/c1-5-10(2)14(16)15(18)17-11(3)12-7-6-8-13(9-12)19-4/h6-11,14H,5,16H2,1-4H3,(H,17,18)/t10?,11?,14-/m0/s1. The number of hydrogen-bond acceptors (Lipinski definition) is 3. The molecule has 0 bridgehead atoms. The van der Waals surface area contributed by atoms with Gasteiger partial charge in [-0.05, 0) is 30.5 Å². The van der Waals surface area contributed by atoms with E-state index in [1.165, 1.54) is 0 Å². The van der Waals surface area contributed by atoms with E-state index in [2.05, 4.69) is 5.32 Å². The zero-order chi connectivity index (χ0) is 14.4. The molecule has 1 aromatic carbocycles.